The Morgan fingerprint density at radius 3 is 2.53 bits per heavy atom. The summed E-state index contributed by atoms with van der Waals surface area (Å²) in [6.07, 6.45) is 0.302. The number of hydrogen-bond donors (Lipinski definition) is 3. The first-order chi connectivity index (χ1) is 7.90. The molecule has 3 N–H and O–H groups in total. The minimum Gasteiger partial charge on any atom is -0.478 e. The van der Waals surface area contributed by atoms with Gasteiger partial charge in [0, 0.05) is 11.7 Å². The molecule has 0 amide bonds. The van der Waals surface area contributed by atoms with E-state index in [0.717, 1.165) is 11.3 Å². The first-order valence-corrected chi connectivity index (χ1v) is 5.68. The van der Waals surface area contributed by atoms with Gasteiger partial charge in [0.15, 0.2) is 0 Å². The molecule has 0 aliphatic carbocycles. The number of carbonyl (C=O) groups is 1. The highest BCUT2D eigenvalue weighted by Gasteiger charge is 2.09. The molecule has 4 nitrogen and oxygen atoms in total. The van der Waals surface area contributed by atoms with E-state index in [0.29, 0.717) is 12.0 Å². The fourth-order valence-corrected chi connectivity index (χ4v) is 1.85. The van der Waals surface area contributed by atoms with Crippen molar-refractivity contribution in [3.8, 4) is 0 Å². The summed E-state index contributed by atoms with van der Waals surface area (Å²) in [6, 6.07) is 5.29. The van der Waals surface area contributed by atoms with Crippen molar-refractivity contribution >= 4 is 11.7 Å². The van der Waals surface area contributed by atoms with E-state index in [1.54, 1.807) is 26.0 Å². The second kappa shape index (κ2) is 5.68. The molecule has 0 radical (unpaired) electrons. The minimum absolute atomic E-state index is 0.144. The average Bonchev–Trinajstić information content (AvgIpc) is 2.15. The smallest absolute Gasteiger partial charge is 0.335 e. The third-order valence-electron chi connectivity index (χ3n) is 2.56. The highest BCUT2D eigenvalue weighted by molar-refractivity contribution is 5.89. The third kappa shape index (κ3) is 4.07. The van der Waals surface area contributed by atoms with Crippen molar-refractivity contribution in [2.75, 3.05) is 5.32 Å². The van der Waals surface area contributed by atoms with Crippen LogP contribution in [0, 0.1) is 6.92 Å². The van der Waals surface area contributed by atoms with Gasteiger partial charge in [-0.3, -0.25) is 0 Å². The van der Waals surface area contributed by atoms with Gasteiger partial charge < -0.3 is 15.5 Å². The number of aryl methyl sites for hydroxylation is 1. The molecule has 1 rings (SSSR count). The maximum absolute atomic E-state index is 10.8. The van der Waals surface area contributed by atoms with E-state index in [2.05, 4.69) is 5.32 Å². The zero-order valence-corrected chi connectivity index (χ0v) is 10.4. The highest BCUT2D eigenvalue weighted by Crippen LogP contribution is 2.17. The Balaban J connectivity index is 2.74. The van der Waals surface area contributed by atoms with Crippen LogP contribution in [0.5, 0.6) is 0 Å². The normalized spacial score (nSPS) is 14.1. The molecular weight excluding hydrogens is 218 g/mol. The van der Waals surface area contributed by atoms with Gasteiger partial charge >= 0.3 is 5.97 Å². The van der Waals surface area contributed by atoms with Gasteiger partial charge in [0.25, 0.3) is 0 Å². The zero-order valence-electron chi connectivity index (χ0n) is 10.4. The number of hydrogen-bond acceptors (Lipinski definition) is 3. The van der Waals surface area contributed by atoms with Crippen LogP contribution in [0.2, 0.25) is 0 Å². The Bertz CT molecular complexity index is 402. The molecule has 2 atom stereocenters. The van der Waals surface area contributed by atoms with Crippen LogP contribution in [0.25, 0.3) is 0 Å². The summed E-state index contributed by atoms with van der Waals surface area (Å²) in [5.74, 6) is -0.911. The summed E-state index contributed by atoms with van der Waals surface area (Å²) in [7, 11) is 0. The van der Waals surface area contributed by atoms with Crippen LogP contribution in [0.1, 0.15) is 36.2 Å². The topological polar surface area (TPSA) is 69.6 Å². The molecule has 17 heavy (non-hydrogen) atoms. The number of benzene rings is 1. The molecule has 0 saturated carbocycles. The maximum Gasteiger partial charge on any atom is 0.335 e. The molecule has 0 aromatic heterocycles. The van der Waals surface area contributed by atoms with Crippen molar-refractivity contribution in [1.82, 2.24) is 0 Å². The second-order valence-corrected chi connectivity index (χ2v) is 4.46. The van der Waals surface area contributed by atoms with Gasteiger partial charge in [0.2, 0.25) is 0 Å². The number of aliphatic hydroxyl groups is 1. The lowest BCUT2D eigenvalue weighted by Gasteiger charge is -2.17. The first-order valence-electron chi connectivity index (χ1n) is 5.68. The van der Waals surface area contributed by atoms with Gasteiger partial charge in [-0.15, -0.1) is 0 Å². The molecule has 1 aromatic carbocycles. The molecule has 0 aliphatic rings. The van der Waals surface area contributed by atoms with Crippen LogP contribution in [-0.2, 0) is 0 Å². The fraction of sp³-hybridized carbons (Fsp3) is 0.462. The van der Waals surface area contributed by atoms with E-state index in [-0.39, 0.29) is 12.1 Å². The second-order valence-electron chi connectivity index (χ2n) is 4.46. The number of anilines is 1. The van der Waals surface area contributed by atoms with Gasteiger partial charge in [-0.25, -0.2) is 4.79 Å². The Labute approximate surface area is 101 Å². The summed E-state index contributed by atoms with van der Waals surface area (Å²) < 4.78 is 0. The molecule has 0 spiro atoms. The monoisotopic (exact) mass is 237 g/mol. The first kappa shape index (κ1) is 13.5. The lowest BCUT2D eigenvalue weighted by molar-refractivity contribution is 0.0696. The van der Waals surface area contributed by atoms with E-state index in [9.17, 15) is 9.90 Å². The van der Waals surface area contributed by atoms with E-state index in [1.165, 1.54) is 0 Å². The number of rotatable bonds is 5. The van der Waals surface area contributed by atoms with E-state index >= 15 is 0 Å². The van der Waals surface area contributed by atoms with E-state index in [4.69, 9.17) is 5.11 Å². The molecule has 0 fully saturated rings. The van der Waals surface area contributed by atoms with Gasteiger partial charge in [-0.2, -0.15) is 0 Å². The third-order valence-corrected chi connectivity index (χ3v) is 2.56. The van der Waals surface area contributed by atoms with E-state index < -0.39 is 5.97 Å². The number of nitrogens with one attached hydrogen (secondary N) is 1. The van der Waals surface area contributed by atoms with Crippen LogP contribution < -0.4 is 5.32 Å². The van der Waals surface area contributed by atoms with Crippen LogP contribution >= 0.6 is 0 Å². The number of aromatic carboxylic acids is 1. The summed E-state index contributed by atoms with van der Waals surface area (Å²) in [5, 5.41) is 21.4. The number of aliphatic hydroxyl groups excluding tert-OH is 1. The van der Waals surface area contributed by atoms with Crippen molar-refractivity contribution in [1.29, 1.82) is 0 Å². The summed E-state index contributed by atoms with van der Waals surface area (Å²) in [5.41, 5.74) is 1.92. The maximum atomic E-state index is 10.8. The molecule has 2 unspecified atom stereocenters. The van der Waals surface area contributed by atoms with Crippen molar-refractivity contribution in [3.05, 3.63) is 29.3 Å². The summed E-state index contributed by atoms with van der Waals surface area (Å²) >= 11 is 0. The lowest BCUT2D eigenvalue weighted by Crippen LogP contribution is -2.20. The largest absolute Gasteiger partial charge is 0.478 e. The SMILES string of the molecule is Cc1cc(NC(C)CC(C)O)ccc1C(=O)O. The van der Waals surface area contributed by atoms with Crippen LogP contribution in [0.4, 0.5) is 5.69 Å². The molecule has 0 aliphatic heterocycles. The van der Waals surface area contributed by atoms with Crippen LogP contribution in [0.15, 0.2) is 18.2 Å². The molecule has 4 heteroatoms. The van der Waals surface area contributed by atoms with Crippen LogP contribution in [-0.4, -0.2) is 28.3 Å². The Morgan fingerprint density at radius 2 is 2.06 bits per heavy atom. The van der Waals surface area contributed by atoms with Crippen LogP contribution in [0.3, 0.4) is 0 Å². The lowest BCUT2D eigenvalue weighted by atomic mass is 10.1. The van der Waals surface area contributed by atoms with Gasteiger partial charge in [0.05, 0.1) is 11.7 Å². The number of carboxylic acids is 1. The molecule has 1 aromatic rings. The minimum atomic E-state index is -0.911. The quantitative estimate of drug-likeness (QED) is 0.734. The van der Waals surface area contributed by atoms with E-state index in [1.807, 2.05) is 13.0 Å². The van der Waals surface area contributed by atoms with Crippen molar-refractivity contribution in [3.63, 3.8) is 0 Å². The zero-order chi connectivity index (χ0) is 13.0. The molecule has 94 valence electrons. The highest BCUT2D eigenvalue weighted by atomic mass is 16.4. The standard InChI is InChI=1S/C13H19NO3/c1-8-6-11(4-5-12(8)13(16)17)14-9(2)7-10(3)15/h4-6,9-10,14-15H,7H2,1-3H3,(H,16,17). The molecule has 0 bridgehead atoms. The Kier molecular flexibility index (Phi) is 4.52. The van der Waals surface area contributed by atoms with Crippen molar-refractivity contribution in [2.24, 2.45) is 0 Å². The molecular formula is C13H19NO3. The number of carboxylic acid groups (broad SMARTS) is 1. The fourth-order valence-electron chi connectivity index (χ4n) is 1.85. The molecule has 0 heterocycles. The van der Waals surface area contributed by atoms with Gasteiger partial charge in [0.1, 0.15) is 0 Å². The van der Waals surface area contributed by atoms with Gasteiger partial charge in [-0.05, 0) is 51.0 Å². The van der Waals surface area contributed by atoms with Crippen molar-refractivity contribution in [2.45, 2.75) is 39.3 Å². The van der Waals surface area contributed by atoms with Crippen molar-refractivity contribution < 1.29 is 15.0 Å². The average molecular weight is 237 g/mol. The Morgan fingerprint density at radius 1 is 1.41 bits per heavy atom. The Hall–Kier alpha value is -1.55. The summed E-state index contributed by atoms with van der Waals surface area (Å²) in [6.45, 7) is 5.50. The predicted octanol–water partition coefficient (Wildman–Crippen LogP) is 2.26. The van der Waals surface area contributed by atoms with Gasteiger partial charge in [-0.1, -0.05) is 0 Å². The molecule has 0 saturated heterocycles. The predicted molar refractivity (Wildman–Crippen MR) is 67.5 cm³/mol. The summed E-state index contributed by atoms with van der Waals surface area (Å²) in [4.78, 5) is 10.8.